The van der Waals surface area contributed by atoms with E-state index < -0.39 is 23.1 Å². The summed E-state index contributed by atoms with van der Waals surface area (Å²) in [5.74, 6) is 3.55. The third kappa shape index (κ3) is 10.5. The molecule has 0 spiro atoms. The molecule has 0 rings (SSSR count). The third-order valence-corrected chi connectivity index (χ3v) is 8.94. The molecule has 0 radical (unpaired) electrons. The van der Waals surface area contributed by atoms with Gasteiger partial charge in [0, 0.05) is 0 Å². The van der Waals surface area contributed by atoms with E-state index in [2.05, 4.69) is 62.3 Å². The average Bonchev–Trinajstić information content (AvgIpc) is 2.44. The minimum atomic E-state index is -2.72. The van der Waals surface area contributed by atoms with Crippen molar-refractivity contribution in [2.45, 2.75) is 62.3 Å². The van der Waals surface area contributed by atoms with Gasteiger partial charge in [-0.15, -0.1) is 0 Å². The quantitative estimate of drug-likeness (QED) is 0.349. The van der Waals surface area contributed by atoms with E-state index in [0.29, 0.717) is 35.5 Å². The molecule has 4 heteroatoms. The number of hydrogen-bond donors (Lipinski definition) is 0. The van der Waals surface area contributed by atoms with Crippen molar-refractivity contribution in [2.75, 3.05) is 19.8 Å². The summed E-state index contributed by atoms with van der Waals surface area (Å²) in [6, 6.07) is 0. The molecule has 3 atom stereocenters. The minimum absolute atomic E-state index is 0.551. The van der Waals surface area contributed by atoms with Crippen LogP contribution >= 0.6 is 0 Å². The number of hydrogen-bond acceptors (Lipinski definition) is 3. The van der Waals surface area contributed by atoms with Gasteiger partial charge in [0.05, 0.1) is 0 Å². The fraction of sp³-hybridized carbons (Fsp3) is 1.00. The Bertz CT molecular complexity index is 226. The fourth-order valence-electron chi connectivity index (χ4n) is 1.22. The summed E-state index contributed by atoms with van der Waals surface area (Å²) in [5.41, 5.74) is 0. The molecule has 3 unspecified atom stereocenters. The van der Waals surface area contributed by atoms with Crippen molar-refractivity contribution in [3.8, 4) is 0 Å². The SMILES string of the molecule is CC(C)C(C)C[O][Bi]([O]CC(C)C(C)C)[O]CC(C)C(C)C. The van der Waals surface area contributed by atoms with Gasteiger partial charge in [-0.2, -0.15) is 0 Å². The molecular weight excluding hydrogens is 473 g/mol. The molecular formula is C18H39BiO3. The third-order valence-electron chi connectivity index (χ3n) is 4.74. The molecule has 3 nitrogen and oxygen atoms in total. The van der Waals surface area contributed by atoms with E-state index in [1.54, 1.807) is 0 Å². The summed E-state index contributed by atoms with van der Waals surface area (Å²) in [4.78, 5) is 0. The molecule has 0 N–H and O–H groups in total. The van der Waals surface area contributed by atoms with Crippen LogP contribution in [0.5, 0.6) is 0 Å². The second-order valence-electron chi connectivity index (χ2n) is 7.77. The molecule has 0 aliphatic heterocycles. The van der Waals surface area contributed by atoms with E-state index >= 15 is 0 Å². The van der Waals surface area contributed by atoms with E-state index in [9.17, 15) is 0 Å². The summed E-state index contributed by atoms with van der Waals surface area (Å²) in [6.45, 7) is 22.4. The van der Waals surface area contributed by atoms with Crippen LogP contribution in [0.4, 0.5) is 0 Å². The molecule has 0 aromatic carbocycles. The summed E-state index contributed by atoms with van der Waals surface area (Å²) in [5, 5.41) is 0. The van der Waals surface area contributed by atoms with Crippen LogP contribution in [-0.4, -0.2) is 42.9 Å². The molecule has 0 aliphatic carbocycles. The van der Waals surface area contributed by atoms with E-state index in [-0.39, 0.29) is 0 Å². The maximum absolute atomic E-state index is 6.08. The number of rotatable bonds is 12. The van der Waals surface area contributed by atoms with Crippen molar-refractivity contribution in [3.63, 3.8) is 0 Å². The second-order valence-corrected chi connectivity index (χ2v) is 12.5. The average molecular weight is 512 g/mol. The Hall–Kier alpha value is 0.763. The van der Waals surface area contributed by atoms with Gasteiger partial charge < -0.3 is 0 Å². The van der Waals surface area contributed by atoms with Crippen LogP contribution in [0.2, 0.25) is 0 Å². The zero-order valence-electron chi connectivity index (χ0n) is 16.3. The van der Waals surface area contributed by atoms with Gasteiger partial charge in [0.15, 0.2) is 0 Å². The van der Waals surface area contributed by atoms with Gasteiger partial charge in [-0.1, -0.05) is 0 Å². The van der Waals surface area contributed by atoms with Crippen molar-refractivity contribution >= 4 is 23.1 Å². The maximum atomic E-state index is 6.08. The van der Waals surface area contributed by atoms with Crippen LogP contribution in [-0.2, 0) is 8.44 Å². The van der Waals surface area contributed by atoms with Crippen LogP contribution in [0, 0.1) is 35.5 Å². The van der Waals surface area contributed by atoms with E-state index in [1.165, 1.54) is 0 Å². The fourth-order valence-corrected chi connectivity index (χ4v) is 6.26. The van der Waals surface area contributed by atoms with Gasteiger partial charge in [-0.3, -0.25) is 0 Å². The van der Waals surface area contributed by atoms with Crippen LogP contribution in [0.25, 0.3) is 0 Å². The van der Waals surface area contributed by atoms with Crippen LogP contribution in [0.1, 0.15) is 62.3 Å². The first-order chi connectivity index (χ1) is 10.1. The van der Waals surface area contributed by atoms with Gasteiger partial charge in [-0.05, 0) is 0 Å². The summed E-state index contributed by atoms with van der Waals surface area (Å²) >= 11 is -2.72. The zero-order chi connectivity index (χ0) is 17.3. The van der Waals surface area contributed by atoms with Gasteiger partial charge in [-0.25, -0.2) is 0 Å². The molecule has 134 valence electrons. The van der Waals surface area contributed by atoms with Gasteiger partial charge in [0.25, 0.3) is 0 Å². The first-order valence-corrected chi connectivity index (χ1v) is 13.1. The topological polar surface area (TPSA) is 27.7 Å². The molecule has 0 aliphatic rings. The first-order valence-electron chi connectivity index (χ1n) is 8.83. The normalized spacial score (nSPS) is 16.8. The second kappa shape index (κ2) is 12.2. The first kappa shape index (κ1) is 22.8. The van der Waals surface area contributed by atoms with Crippen molar-refractivity contribution in [1.29, 1.82) is 0 Å². The van der Waals surface area contributed by atoms with Gasteiger partial charge in [0.1, 0.15) is 0 Å². The van der Waals surface area contributed by atoms with Crippen LogP contribution in [0.15, 0.2) is 0 Å². The standard InChI is InChI=1S/3C6H13O.Bi/c3*1-5(2)6(3)4-7;/h3*5-6H,4H2,1-3H3;/q3*-1;+3. The summed E-state index contributed by atoms with van der Waals surface area (Å²) in [6.07, 6.45) is 0. The van der Waals surface area contributed by atoms with Crippen molar-refractivity contribution in [3.05, 3.63) is 0 Å². The van der Waals surface area contributed by atoms with Gasteiger partial charge >= 0.3 is 149 Å². The summed E-state index contributed by atoms with van der Waals surface area (Å²) < 4.78 is 18.3. The Labute approximate surface area is 149 Å². The van der Waals surface area contributed by atoms with Crippen LogP contribution < -0.4 is 0 Å². The Morgan fingerprint density at radius 1 is 0.500 bits per heavy atom. The molecule has 0 saturated heterocycles. The van der Waals surface area contributed by atoms with Crippen molar-refractivity contribution < 1.29 is 8.44 Å². The van der Waals surface area contributed by atoms with E-state index in [4.69, 9.17) is 8.44 Å². The Balaban J connectivity index is 4.36. The predicted octanol–water partition coefficient (Wildman–Crippen LogP) is 4.90. The molecule has 22 heavy (non-hydrogen) atoms. The summed E-state index contributed by atoms with van der Waals surface area (Å²) in [7, 11) is 0. The molecule has 0 fully saturated rings. The Morgan fingerprint density at radius 3 is 0.909 bits per heavy atom. The molecule has 0 heterocycles. The van der Waals surface area contributed by atoms with Gasteiger partial charge in [0.2, 0.25) is 0 Å². The molecule has 0 saturated carbocycles. The molecule has 0 aromatic heterocycles. The monoisotopic (exact) mass is 512 g/mol. The van der Waals surface area contributed by atoms with Crippen molar-refractivity contribution in [1.82, 2.24) is 0 Å². The molecule has 0 bridgehead atoms. The Kier molecular flexibility index (Phi) is 12.6. The predicted molar refractivity (Wildman–Crippen MR) is 95.6 cm³/mol. The van der Waals surface area contributed by atoms with E-state index in [0.717, 1.165) is 19.8 Å². The van der Waals surface area contributed by atoms with E-state index in [1.807, 2.05) is 0 Å². The van der Waals surface area contributed by atoms with Crippen LogP contribution in [0.3, 0.4) is 0 Å². The Morgan fingerprint density at radius 2 is 0.727 bits per heavy atom. The van der Waals surface area contributed by atoms with Crippen molar-refractivity contribution in [2.24, 2.45) is 35.5 Å². The zero-order valence-corrected chi connectivity index (χ0v) is 19.7. The molecule has 0 amide bonds. The molecule has 0 aromatic rings.